The lowest BCUT2D eigenvalue weighted by atomic mass is 9.70. The Morgan fingerprint density at radius 2 is 2.31 bits per heavy atom. The van der Waals surface area contributed by atoms with Gasteiger partial charge in [-0.1, -0.05) is 26.0 Å². The molecule has 1 saturated carbocycles. The summed E-state index contributed by atoms with van der Waals surface area (Å²) in [7, 11) is 0. The van der Waals surface area contributed by atoms with Gasteiger partial charge in [0.05, 0.1) is 6.42 Å². The first kappa shape index (κ1) is 10.4. The fraction of sp³-hybridized carbons (Fsp3) is 0.786. The van der Waals surface area contributed by atoms with Gasteiger partial charge in [-0.25, -0.2) is 0 Å². The fourth-order valence-electron chi connectivity index (χ4n) is 4.16. The van der Waals surface area contributed by atoms with Crippen LogP contribution < -0.4 is 0 Å². The highest BCUT2D eigenvalue weighted by Gasteiger charge is 2.48. The van der Waals surface area contributed by atoms with Gasteiger partial charge in [-0.05, 0) is 36.5 Å². The van der Waals surface area contributed by atoms with E-state index in [9.17, 15) is 4.79 Å². The van der Waals surface area contributed by atoms with E-state index in [-0.39, 0.29) is 12.1 Å². The van der Waals surface area contributed by atoms with Crippen molar-refractivity contribution in [2.75, 3.05) is 0 Å². The van der Waals surface area contributed by atoms with E-state index in [0.29, 0.717) is 29.6 Å². The molecule has 0 unspecified atom stereocenters. The van der Waals surface area contributed by atoms with Crippen molar-refractivity contribution in [1.29, 1.82) is 0 Å². The van der Waals surface area contributed by atoms with Crippen LogP contribution in [0.15, 0.2) is 12.2 Å². The number of allylic oxidation sites excluding steroid dienone is 2. The van der Waals surface area contributed by atoms with Gasteiger partial charge in [0.1, 0.15) is 6.10 Å². The summed E-state index contributed by atoms with van der Waals surface area (Å²) in [6, 6.07) is 0. The molecule has 0 aromatic heterocycles. The monoisotopic (exact) mass is 220 g/mol. The largest absolute Gasteiger partial charge is 0.462 e. The molecule has 2 nitrogen and oxygen atoms in total. The molecule has 1 heterocycles. The quantitative estimate of drug-likeness (QED) is 0.463. The molecule has 0 bridgehead atoms. The summed E-state index contributed by atoms with van der Waals surface area (Å²) in [5.41, 5.74) is 0.382. The van der Waals surface area contributed by atoms with Crippen molar-refractivity contribution in [3.63, 3.8) is 0 Å². The topological polar surface area (TPSA) is 26.3 Å². The van der Waals surface area contributed by atoms with E-state index in [0.717, 1.165) is 12.8 Å². The molecule has 2 heteroatoms. The molecule has 0 aromatic rings. The zero-order valence-electron chi connectivity index (χ0n) is 10.1. The minimum Gasteiger partial charge on any atom is -0.462 e. The van der Waals surface area contributed by atoms with Crippen LogP contribution in [0, 0.1) is 23.2 Å². The molecule has 0 N–H and O–H groups in total. The standard InChI is InChI=1S/C14H20O2/c1-9-6-12-10(7-13(15)16-12)8-14(2)5-3-4-11(9)14/h3-4,9-12H,5-8H2,1-2H3/t9-,10+,11+,12-,14+/m1/s1. The van der Waals surface area contributed by atoms with Gasteiger partial charge >= 0.3 is 5.97 Å². The van der Waals surface area contributed by atoms with E-state index < -0.39 is 0 Å². The lowest BCUT2D eigenvalue weighted by Gasteiger charge is -2.33. The van der Waals surface area contributed by atoms with Crippen LogP contribution in [0.25, 0.3) is 0 Å². The second-order valence-corrected chi connectivity index (χ2v) is 6.22. The van der Waals surface area contributed by atoms with Crippen molar-refractivity contribution in [3.8, 4) is 0 Å². The van der Waals surface area contributed by atoms with Crippen LogP contribution in [0.2, 0.25) is 0 Å². The number of esters is 1. The Morgan fingerprint density at radius 3 is 3.12 bits per heavy atom. The number of carbonyl (C=O) groups excluding carboxylic acids is 1. The van der Waals surface area contributed by atoms with Crippen LogP contribution in [-0.2, 0) is 9.53 Å². The van der Waals surface area contributed by atoms with Gasteiger partial charge in [-0.2, -0.15) is 0 Å². The summed E-state index contributed by atoms with van der Waals surface area (Å²) in [4.78, 5) is 11.4. The average molecular weight is 220 g/mol. The Bertz CT molecular complexity index is 347. The minimum atomic E-state index is 0.0233. The maximum atomic E-state index is 11.4. The zero-order chi connectivity index (χ0) is 11.3. The van der Waals surface area contributed by atoms with Crippen LogP contribution in [0.3, 0.4) is 0 Å². The summed E-state index contributed by atoms with van der Waals surface area (Å²) in [6.45, 7) is 4.70. The highest BCUT2D eigenvalue weighted by molar-refractivity contribution is 5.72. The molecule has 0 aromatic carbocycles. The van der Waals surface area contributed by atoms with Gasteiger partial charge in [-0.15, -0.1) is 0 Å². The molecule has 0 spiro atoms. The van der Waals surface area contributed by atoms with Crippen LogP contribution in [0.4, 0.5) is 0 Å². The number of fused-ring (bicyclic) bond motifs is 2. The van der Waals surface area contributed by atoms with E-state index in [1.54, 1.807) is 0 Å². The average Bonchev–Trinajstić information content (AvgIpc) is 2.69. The Kier molecular flexibility index (Phi) is 2.17. The summed E-state index contributed by atoms with van der Waals surface area (Å²) in [5.74, 6) is 1.83. The lowest BCUT2D eigenvalue weighted by Crippen LogP contribution is -2.26. The first-order valence-electron chi connectivity index (χ1n) is 6.45. The highest BCUT2D eigenvalue weighted by atomic mass is 16.5. The molecule has 0 radical (unpaired) electrons. The van der Waals surface area contributed by atoms with E-state index in [2.05, 4.69) is 26.0 Å². The summed E-state index contributed by atoms with van der Waals surface area (Å²) in [6.07, 6.45) is 8.98. The maximum absolute atomic E-state index is 11.4. The number of hydrogen-bond acceptors (Lipinski definition) is 2. The minimum absolute atomic E-state index is 0.0233. The van der Waals surface area contributed by atoms with Crippen molar-refractivity contribution in [2.45, 2.75) is 45.6 Å². The zero-order valence-corrected chi connectivity index (χ0v) is 10.1. The van der Waals surface area contributed by atoms with Crippen molar-refractivity contribution >= 4 is 5.97 Å². The highest BCUT2D eigenvalue weighted by Crippen LogP contribution is 2.53. The summed E-state index contributed by atoms with van der Waals surface area (Å²) < 4.78 is 5.46. The third-order valence-corrected chi connectivity index (χ3v) is 4.92. The molecule has 3 aliphatic rings. The van der Waals surface area contributed by atoms with E-state index in [1.165, 1.54) is 6.42 Å². The second-order valence-electron chi connectivity index (χ2n) is 6.22. The van der Waals surface area contributed by atoms with Crippen LogP contribution in [0.1, 0.15) is 39.5 Å². The number of hydrogen-bond donors (Lipinski definition) is 0. The van der Waals surface area contributed by atoms with Crippen molar-refractivity contribution in [2.24, 2.45) is 23.2 Å². The summed E-state index contributed by atoms with van der Waals surface area (Å²) >= 11 is 0. The van der Waals surface area contributed by atoms with E-state index in [1.807, 2.05) is 0 Å². The Balaban J connectivity index is 1.89. The smallest absolute Gasteiger partial charge is 0.306 e. The number of carbonyl (C=O) groups is 1. The first-order chi connectivity index (χ1) is 7.58. The van der Waals surface area contributed by atoms with Gasteiger partial charge in [0.25, 0.3) is 0 Å². The molecule has 2 aliphatic carbocycles. The van der Waals surface area contributed by atoms with Gasteiger partial charge in [0.2, 0.25) is 0 Å². The predicted molar refractivity (Wildman–Crippen MR) is 61.7 cm³/mol. The number of rotatable bonds is 0. The maximum Gasteiger partial charge on any atom is 0.306 e. The van der Waals surface area contributed by atoms with E-state index >= 15 is 0 Å². The summed E-state index contributed by atoms with van der Waals surface area (Å²) in [5, 5.41) is 0. The third-order valence-electron chi connectivity index (χ3n) is 4.92. The normalized spacial score (nSPS) is 50.8. The first-order valence-corrected chi connectivity index (χ1v) is 6.45. The molecule has 5 atom stereocenters. The molecular weight excluding hydrogens is 200 g/mol. The van der Waals surface area contributed by atoms with Crippen LogP contribution >= 0.6 is 0 Å². The predicted octanol–water partition coefficient (Wildman–Crippen LogP) is 2.93. The van der Waals surface area contributed by atoms with Gasteiger partial charge in [0, 0.05) is 5.92 Å². The SMILES string of the molecule is C[C@@H]1C[C@H]2OC(=O)C[C@H]2C[C@]2(C)CC=C[C@@H]12. The molecular formula is C14H20O2. The van der Waals surface area contributed by atoms with Crippen molar-refractivity contribution < 1.29 is 9.53 Å². The molecule has 1 aliphatic heterocycles. The molecule has 16 heavy (non-hydrogen) atoms. The van der Waals surface area contributed by atoms with Gasteiger partial charge in [0.15, 0.2) is 0 Å². The van der Waals surface area contributed by atoms with Crippen LogP contribution in [-0.4, -0.2) is 12.1 Å². The Hall–Kier alpha value is -0.790. The molecule has 2 fully saturated rings. The van der Waals surface area contributed by atoms with Crippen molar-refractivity contribution in [3.05, 3.63) is 12.2 Å². The second kappa shape index (κ2) is 3.35. The molecule has 88 valence electrons. The fourth-order valence-corrected chi connectivity index (χ4v) is 4.16. The van der Waals surface area contributed by atoms with E-state index in [4.69, 9.17) is 4.74 Å². The Morgan fingerprint density at radius 1 is 1.50 bits per heavy atom. The lowest BCUT2D eigenvalue weighted by molar-refractivity contribution is -0.142. The van der Waals surface area contributed by atoms with Crippen LogP contribution in [0.5, 0.6) is 0 Å². The molecule has 1 saturated heterocycles. The molecule has 0 amide bonds. The van der Waals surface area contributed by atoms with Crippen molar-refractivity contribution in [1.82, 2.24) is 0 Å². The van der Waals surface area contributed by atoms with Gasteiger partial charge < -0.3 is 4.74 Å². The third kappa shape index (κ3) is 1.42. The van der Waals surface area contributed by atoms with Gasteiger partial charge in [-0.3, -0.25) is 4.79 Å². The number of ether oxygens (including phenoxy) is 1. The Labute approximate surface area is 97.1 Å². The molecule has 3 rings (SSSR count).